The molecule has 2 rings (SSSR count). The first-order chi connectivity index (χ1) is 38.6. The molecule has 12 nitrogen and oxygen atoms in total. The molecule has 0 aromatic heterocycles. The van der Waals surface area contributed by atoms with E-state index in [9.17, 15) is 146 Å². The number of aliphatic hydroxyl groups is 1. The number of halogens is 33. The maximum Gasteiger partial charge on any atom is 0.437 e. The average Bonchev–Trinajstić information content (AvgIpc) is 1.06. The number of rotatable bonds is 21. The summed E-state index contributed by atoms with van der Waals surface area (Å²) in [5, 5.41) is 8.90. The second-order valence-electron chi connectivity index (χ2n) is 17.9. The van der Waals surface area contributed by atoms with Crippen molar-refractivity contribution in [2.24, 2.45) is 11.8 Å². The molecule has 0 aromatic carbocycles. The van der Waals surface area contributed by atoms with Gasteiger partial charge in [-0.25, -0.2) is 22.8 Å². The van der Waals surface area contributed by atoms with Gasteiger partial charge in [0.05, 0.1) is 19.5 Å². The summed E-state index contributed by atoms with van der Waals surface area (Å²) in [4.78, 5) is 22.7. The number of carbonyl (C=O) groups is 2. The molecule has 2 aliphatic rings. The Morgan fingerprint density at radius 1 is 0.552 bits per heavy atom. The maximum atomic E-state index is 14.3. The number of aliphatic hydroxyl groups excluding tert-OH is 1. The van der Waals surface area contributed by atoms with Crippen LogP contribution in [0.25, 0.3) is 0 Å². The third-order valence-electron chi connectivity index (χ3n) is 11.4. The number of ether oxygens (including phenoxy) is 9. The quantitative estimate of drug-likeness (QED) is 0.0385. The third kappa shape index (κ3) is 22.4. The Labute approximate surface area is 465 Å². The lowest BCUT2D eigenvalue weighted by Gasteiger charge is -2.45. The molecule has 7 unspecified atom stereocenters. The van der Waals surface area contributed by atoms with Crippen molar-refractivity contribution in [3.63, 3.8) is 0 Å². The van der Waals surface area contributed by atoms with E-state index in [-0.39, 0.29) is 6.26 Å². The van der Waals surface area contributed by atoms with E-state index >= 15 is 0 Å². The van der Waals surface area contributed by atoms with Crippen LogP contribution >= 0.6 is 0 Å². The Kier molecular flexibility index (Phi) is 30.0. The highest BCUT2D eigenvalue weighted by Crippen LogP contribution is 2.56. The fourth-order valence-electron chi connectivity index (χ4n) is 7.10. The van der Waals surface area contributed by atoms with Crippen LogP contribution < -0.4 is 0 Å². The molecule has 1 N–H and O–H groups in total. The summed E-state index contributed by atoms with van der Waals surface area (Å²) >= 11 is 0. The molecule has 1 aliphatic heterocycles. The van der Waals surface area contributed by atoms with E-state index < -0.39 is 209 Å². The lowest BCUT2D eigenvalue weighted by atomic mass is 9.71. The van der Waals surface area contributed by atoms with E-state index in [2.05, 4.69) is 62.4 Å². The molecule has 45 heteroatoms. The molecule has 1 saturated heterocycles. The molecule has 1 heterocycles. The summed E-state index contributed by atoms with van der Waals surface area (Å²) in [6, 6.07) is 0. The number of alkyl halides is 31. The molecule has 0 bridgehead atoms. The Morgan fingerprint density at radius 3 is 1.21 bits per heavy atom. The SMILES string of the molecule is C=C(C(=O)OC(C)(C)C(F)(F)C(OCOC)C(F)(F)F)C(F)(F)F.C=C(C(=O)OC(C1CCC(C(F)C(O)C(F)(F)F)CC1)(C(F)(F)F)C(F)(F)F)C(F)(F)F.C=COC(C(F)(F)F)C(F)(F)C1COCC(C(F)(F)C(OCOC)C(F)(F)F)O1.FF. The monoisotopic (exact) mass is 1370 g/mol. The van der Waals surface area contributed by atoms with E-state index in [1.807, 2.05) is 0 Å². The molecule has 0 aromatic rings. The first-order valence-electron chi connectivity index (χ1n) is 22.3. The largest absolute Gasteiger partial charge is 0.483 e. The van der Waals surface area contributed by atoms with Gasteiger partial charge >= 0.3 is 84.7 Å². The predicted molar refractivity (Wildman–Crippen MR) is 217 cm³/mol. The minimum atomic E-state index is -6.50. The number of carbonyl (C=O) groups excluding carboxylic acids is 2. The molecule has 1 saturated carbocycles. The Hall–Kier alpha value is -4.63. The fraction of sp³-hybridized carbons (Fsp3) is 0.810. The van der Waals surface area contributed by atoms with Crippen molar-refractivity contribution in [2.75, 3.05) is 41.0 Å². The van der Waals surface area contributed by atoms with Crippen LogP contribution in [0.5, 0.6) is 0 Å². The Balaban J connectivity index is 0. The normalized spacial score (nSPS) is 20.9. The van der Waals surface area contributed by atoms with E-state index in [1.54, 1.807) is 0 Å². The Morgan fingerprint density at radius 2 is 0.897 bits per heavy atom. The van der Waals surface area contributed by atoms with Crippen LogP contribution in [0.3, 0.4) is 0 Å². The van der Waals surface area contributed by atoms with Gasteiger partial charge in [-0.05, 0) is 45.4 Å². The fourth-order valence-corrected chi connectivity index (χ4v) is 7.10. The van der Waals surface area contributed by atoms with Crippen molar-refractivity contribution in [2.45, 2.75) is 161 Å². The van der Waals surface area contributed by atoms with Crippen molar-refractivity contribution in [1.82, 2.24) is 0 Å². The van der Waals surface area contributed by atoms with E-state index in [0.29, 0.717) is 13.8 Å². The van der Waals surface area contributed by atoms with Crippen LogP contribution in [-0.2, 0) is 52.2 Å². The molecule has 516 valence electrons. The highest BCUT2D eigenvalue weighted by Gasteiger charge is 2.78. The van der Waals surface area contributed by atoms with Crippen LogP contribution in [0.2, 0.25) is 0 Å². The highest BCUT2D eigenvalue weighted by atomic mass is 20.0. The second kappa shape index (κ2) is 30.9. The molecule has 0 spiro atoms. The van der Waals surface area contributed by atoms with Crippen molar-refractivity contribution < 1.29 is 203 Å². The first kappa shape index (κ1) is 84.4. The zero-order chi connectivity index (χ0) is 69.7. The van der Waals surface area contributed by atoms with Gasteiger partial charge in [-0.3, -0.25) is 0 Å². The van der Waals surface area contributed by atoms with Crippen molar-refractivity contribution in [3.8, 4) is 0 Å². The predicted octanol–water partition coefficient (Wildman–Crippen LogP) is 13.7. The second-order valence-corrected chi connectivity index (χ2v) is 17.9. The van der Waals surface area contributed by atoms with Gasteiger partial charge in [-0.15, -0.1) is 0 Å². The highest BCUT2D eigenvalue weighted by molar-refractivity contribution is 5.90. The van der Waals surface area contributed by atoms with Crippen LogP contribution in [0, 0.1) is 11.8 Å². The summed E-state index contributed by atoms with van der Waals surface area (Å²) in [6.07, 6.45) is -75.3. The van der Waals surface area contributed by atoms with Gasteiger partial charge in [-0.2, -0.15) is 123 Å². The van der Waals surface area contributed by atoms with Gasteiger partial charge in [0.25, 0.3) is 6.10 Å². The topological polar surface area (TPSA) is 137 Å². The van der Waals surface area contributed by atoms with E-state index in [4.69, 9.17) is 14.3 Å². The van der Waals surface area contributed by atoms with Gasteiger partial charge in [-0.1, -0.05) is 19.7 Å². The third-order valence-corrected chi connectivity index (χ3v) is 11.4. The van der Waals surface area contributed by atoms with Crippen LogP contribution in [0.1, 0.15) is 39.5 Å². The molecule has 0 radical (unpaired) electrons. The maximum absolute atomic E-state index is 14.3. The van der Waals surface area contributed by atoms with Gasteiger partial charge in [0.1, 0.15) is 43.1 Å². The summed E-state index contributed by atoms with van der Waals surface area (Å²) in [5.41, 5.74) is -13.6. The summed E-state index contributed by atoms with van der Waals surface area (Å²) in [5.74, 6) is -24.9. The zero-order valence-electron chi connectivity index (χ0n) is 43.5. The minimum absolute atomic E-state index is 0.0418. The molecule has 1 aliphatic carbocycles. The van der Waals surface area contributed by atoms with Crippen LogP contribution in [-0.4, -0.2) is 179 Å². The zero-order valence-corrected chi connectivity index (χ0v) is 43.5. The lowest BCUT2D eigenvalue weighted by Crippen LogP contribution is -2.65. The number of hydrogen-bond acceptors (Lipinski definition) is 12. The Bertz CT molecular complexity index is 2140. The molecule has 2 fully saturated rings. The summed E-state index contributed by atoms with van der Waals surface area (Å²) < 4.78 is 459. The van der Waals surface area contributed by atoms with Crippen molar-refractivity contribution in [1.29, 1.82) is 0 Å². The number of methoxy groups -OCH3 is 2. The van der Waals surface area contributed by atoms with Gasteiger partial charge < -0.3 is 47.7 Å². The molecule has 87 heavy (non-hydrogen) atoms. The van der Waals surface area contributed by atoms with Gasteiger partial charge in [0.15, 0.2) is 11.7 Å². The van der Waals surface area contributed by atoms with Crippen molar-refractivity contribution in [3.05, 3.63) is 37.1 Å². The average molecular weight is 1370 g/mol. The van der Waals surface area contributed by atoms with Gasteiger partial charge in [0, 0.05) is 29.3 Å². The molecular weight excluding hydrogens is 1320 g/mol. The van der Waals surface area contributed by atoms with Crippen molar-refractivity contribution >= 4 is 11.9 Å². The lowest BCUT2D eigenvalue weighted by molar-refractivity contribution is -0.388. The van der Waals surface area contributed by atoms with E-state index in [0.717, 1.165) is 14.2 Å². The van der Waals surface area contributed by atoms with E-state index in [1.165, 1.54) is 0 Å². The smallest absolute Gasteiger partial charge is 0.437 e. The van der Waals surface area contributed by atoms with Crippen LogP contribution in [0.15, 0.2) is 37.1 Å². The van der Waals surface area contributed by atoms with Gasteiger partial charge in [0.2, 0.25) is 12.2 Å². The number of esters is 2. The molecule has 0 amide bonds. The molecule has 7 atom stereocenters. The summed E-state index contributed by atoms with van der Waals surface area (Å²) in [7, 11) is 1.70. The minimum Gasteiger partial charge on any atom is -0.483 e. The standard InChI is InChI=1S/C16H15F13O3.C14H16F10O5.C12H14F8O4.F2/c1-6(13(18,19)20)11(31)32-12(15(24,25)26,16(27,28)29)8-4-2-7(3-5-8)9(17)10(30)14(21,22)23;1-3-27-9(13(19,20)21)11(15,16)7-4-26-5-8(29-7)12(17,18)10(14(22,23)24)28-6-25-2;1-6(11(15,16)17)7(21)24-9(2,3)10(13,14)8(12(18,19)20)23-5-22-4;1-2/h7-10,30H,1-5H2;3,7-10H,1,4-6H2,2H3;8H,1,5H2,2-4H3;. The number of hydrogen-bond donors (Lipinski definition) is 1. The van der Waals surface area contributed by atoms with Crippen LogP contribution in [0.4, 0.5) is 145 Å². The summed E-state index contributed by atoms with van der Waals surface area (Å²) in [6.45, 7) is 2.66. The first-order valence-corrected chi connectivity index (χ1v) is 22.3. The molecular formula is C42H45F33O12.